The van der Waals surface area contributed by atoms with Gasteiger partial charge >= 0.3 is 5.97 Å². The number of rotatable bonds is 15. The maximum atomic E-state index is 14.1. The molecule has 2 unspecified atom stereocenters. The van der Waals surface area contributed by atoms with E-state index in [1.54, 1.807) is 60.7 Å². The second-order valence-corrected chi connectivity index (χ2v) is 14.3. The Morgan fingerprint density at radius 2 is 1.41 bits per heavy atom. The molecule has 1 heterocycles. The monoisotopic (exact) mass is 835 g/mol. The lowest BCUT2D eigenvalue weighted by atomic mass is 9.93. The maximum Gasteiger partial charge on any atom is 0.326 e. The summed E-state index contributed by atoms with van der Waals surface area (Å²) in [7, 11) is 1.41. The van der Waals surface area contributed by atoms with Crippen LogP contribution in [0.4, 0.5) is 0 Å². The minimum atomic E-state index is -1.33. The van der Waals surface area contributed by atoms with Gasteiger partial charge in [-0.2, -0.15) is 0 Å². The molecule has 0 saturated carbocycles. The van der Waals surface area contributed by atoms with E-state index in [0.717, 1.165) is 17.7 Å². The predicted molar refractivity (Wildman–Crippen MR) is 235 cm³/mol. The topological polar surface area (TPSA) is 241 Å². The number of carbonyl (C=O) groups is 5. The van der Waals surface area contributed by atoms with Gasteiger partial charge in [0, 0.05) is 43.2 Å². The van der Waals surface area contributed by atoms with Crippen LogP contribution in [0.5, 0.6) is 11.5 Å². The second kappa shape index (κ2) is 23.9. The minimum Gasteiger partial charge on any atom is -0.492 e. The normalized spacial score (nSPS) is 16.2. The van der Waals surface area contributed by atoms with Crippen LogP contribution in [0.1, 0.15) is 65.3 Å². The molecule has 15 heteroatoms. The Kier molecular flexibility index (Phi) is 18.5. The van der Waals surface area contributed by atoms with Gasteiger partial charge in [-0.05, 0) is 78.5 Å². The van der Waals surface area contributed by atoms with Gasteiger partial charge in [-0.1, -0.05) is 80.1 Å². The van der Waals surface area contributed by atoms with Crippen LogP contribution < -0.4 is 42.6 Å². The van der Waals surface area contributed by atoms with Gasteiger partial charge in [0.25, 0.3) is 5.91 Å². The largest absolute Gasteiger partial charge is 0.492 e. The molecule has 3 atom stereocenters. The van der Waals surface area contributed by atoms with Crippen LogP contribution in [0.25, 0.3) is 23.3 Å². The molecule has 324 valence electrons. The molecule has 61 heavy (non-hydrogen) atoms. The molecule has 15 nitrogen and oxygen atoms in total. The quantitative estimate of drug-likeness (QED) is 0.0856. The summed E-state index contributed by atoms with van der Waals surface area (Å²) in [5.74, 6) is -3.05. The van der Waals surface area contributed by atoms with Gasteiger partial charge in [-0.15, -0.1) is 0 Å². The van der Waals surface area contributed by atoms with Crippen LogP contribution in [0, 0.1) is 0 Å². The Morgan fingerprint density at radius 1 is 0.803 bits per heavy atom. The molecule has 4 amide bonds. The van der Waals surface area contributed by atoms with Crippen LogP contribution in [0.15, 0.2) is 91.0 Å². The first-order valence-electron chi connectivity index (χ1n) is 20.2. The van der Waals surface area contributed by atoms with Crippen molar-refractivity contribution in [1.29, 1.82) is 0 Å². The number of hydrogen-bond donors (Lipinski definition) is 7. The highest BCUT2D eigenvalue weighted by Crippen LogP contribution is 2.40. The second-order valence-electron chi connectivity index (χ2n) is 14.3. The lowest BCUT2D eigenvalue weighted by Crippen LogP contribution is -2.53. The first-order chi connectivity index (χ1) is 29.4. The first-order valence-corrected chi connectivity index (χ1v) is 20.2. The number of aliphatic carboxylic acids is 1. The number of amides is 4. The molecule has 0 aromatic heterocycles. The smallest absolute Gasteiger partial charge is 0.326 e. The van der Waals surface area contributed by atoms with Crippen molar-refractivity contribution < 1.29 is 38.6 Å². The van der Waals surface area contributed by atoms with Gasteiger partial charge in [-0.25, -0.2) is 4.79 Å². The van der Waals surface area contributed by atoms with Gasteiger partial charge in [0.2, 0.25) is 17.7 Å². The van der Waals surface area contributed by atoms with Crippen molar-refractivity contribution in [3.8, 4) is 22.6 Å². The number of nitrogens with one attached hydrogen (secondary N) is 3. The van der Waals surface area contributed by atoms with Crippen LogP contribution in [0.2, 0.25) is 0 Å². The fraction of sp³-hybridized carbons (Fsp3) is 0.326. The molecule has 0 radical (unpaired) electrons. The lowest BCUT2D eigenvalue weighted by molar-refractivity contribution is -0.142. The summed E-state index contributed by atoms with van der Waals surface area (Å²) in [5, 5.41) is 17.8. The Morgan fingerprint density at radius 3 is 1.98 bits per heavy atom. The molecule has 4 aromatic rings. The molecular weight excluding hydrogens is 779 g/mol. The van der Waals surface area contributed by atoms with Crippen LogP contribution in [0.3, 0.4) is 0 Å². The zero-order chi connectivity index (χ0) is 44.3. The number of carboxylic acid groups (broad SMARTS) is 1. The standard InChI is InChI=1S/C42H46N6O8.C4H11N/c1-26-39(50)47-34(42(53)54)23-29-12-16-35(55-20-18-43)32(22-29)33-24-31(15-17-36(33)56-21-19-44)38(41(52)46-26)48(2)37(49)25-45-40(51)30-13-10-28(11-14-30)9-8-27-6-4-3-5-7-27;1-2-3-4-5/h3-17,22,24,26,34,38H,18-21,23,25,43-44H2,1-2H3,(H,45,51)(H,46,52)(H,47,50)(H,53,54);2-5H2,1H3/b9-8+;/t26-,34?,38?;/m0./s1. The third-order valence-electron chi connectivity index (χ3n) is 9.64. The average molecular weight is 836 g/mol. The molecule has 10 N–H and O–H groups in total. The zero-order valence-electron chi connectivity index (χ0n) is 34.9. The number of carbonyl (C=O) groups excluding carboxylic acids is 4. The van der Waals surface area contributed by atoms with Gasteiger partial charge in [-0.3, -0.25) is 19.2 Å². The number of carboxylic acids is 1. The number of unbranched alkanes of at least 4 members (excludes halogenated alkanes) is 1. The Hall–Kier alpha value is -6.55. The molecule has 4 aromatic carbocycles. The highest BCUT2D eigenvalue weighted by Gasteiger charge is 2.33. The van der Waals surface area contributed by atoms with Crippen molar-refractivity contribution in [2.45, 2.75) is 51.2 Å². The van der Waals surface area contributed by atoms with Crippen LogP contribution >= 0.6 is 0 Å². The van der Waals surface area contributed by atoms with Gasteiger partial charge in [0.05, 0.1) is 6.54 Å². The zero-order valence-corrected chi connectivity index (χ0v) is 34.9. The fourth-order valence-electron chi connectivity index (χ4n) is 6.31. The number of hydrogen-bond acceptors (Lipinski definition) is 10. The molecular formula is C46H57N7O8. The Balaban J connectivity index is 0.00000155. The van der Waals surface area contributed by atoms with E-state index in [0.29, 0.717) is 39.3 Å². The van der Waals surface area contributed by atoms with E-state index in [1.165, 1.54) is 31.7 Å². The summed E-state index contributed by atoms with van der Waals surface area (Å²) < 4.78 is 12.0. The van der Waals surface area contributed by atoms with E-state index < -0.39 is 54.3 Å². The number of fused-ring (bicyclic) bond motifs is 5. The molecule has 4 bridgehead atoms. The fourth-order valence-corrected chi connectivity index (χ4v) is 6.31. The third-order valence-corrected chi connectivity index (χ3v) is 9.64. The minimum absolute atomic E-state index is 0.0778. The van der Waals surface area contributed by atoms with Crippen molar-refractivity contribution in [1.82, 2.24) is 20.9 Å². The van der Waals surface area contributed by atoms with E-state index in [9.17, 15) is 29.1 Å². The van der Waals surface area contributed by atoms with Crippen molar-refractivity contribution in [3.63, 3.8) is 0 Å². The lowest BCUT2D eigenvalue weighted by Gasteiger charge is -2.30. The van der Waals surface area contributed by atoms with Gasteiger partial charge in [0.1, 0.15) is 42.8 Å². The molecule has 0 aliphatic carbocycles. The van der Waals surface area contributed by atoms with Crippen molar-refractivity contribution in [2.75, 3.05) is 46.4 Å². The number of nitrogens with two attached hydrogens (primary N) is 3. The van der Waals surface area contributed by atoms with Crippen molar-refractivity contribution in [3.05, 3.63) is 119 Å². The van der Waals surface area contributed by atoms with E-state index in [1.807, 2.05) is 42.5 Å². The number of nitrogens with zero attached hydrogens (tertiary/aromatic N) is 1. The van der Waals surface area contributed by atoms with Crippen LogP contribution in [-0.2, 0) is 25.6 Å². The Labute approximate surface area is 356 Å². The van der Waals surface area contributed by atoms with Crippen molar-refractivity contribution in [2.24, 2.45) is 17.2 Å². The van der Waals surface area contributed by atoms with Gasteiger partial charge in [0.15, 0.2) is 0 Å². The highest BCUT2D eigenvalue weighted by atomic mass is 16.5. The molecule has 0 spiro atoms. The van der Waals surface area contributed by atoms with Crippen molar-refractivity contribution >= 4 is 41.8 Å². The van der Waals surface area contributed by atoms with E-state index >= 15 is 0 Å². The van der Waals surface area contributed by atoms with Crippen LogP contribution in [-0.4, -0.2) is 98.1 Å². The average Bonchev–Trinajstić information content (AvgIpc) is 3.26. The highest BCUT2D eigenvalue weighted by molar-refractivity contribution is 5.98. The summed E-state index contributed by atoms with van der Waals surface area (Å²) in [6.07, 6.45) is 6.19. The SMILES string of the molecule is CCCCN.C[C@@H]1NC(=O)C(N(C)C(=O)CNC(=O)c2ccc(/C=C/c3ccccc3)cc2)c2ccc(OCCN)c(c2)-c2cc(ccc2OCCN)CC(C(=O)O)NC1=O. The predicted octanol–water partition coefficient (Wildman–Crippen LogP) is 3.50. The third kappa shape index (κ3) is 13.7. The first kappa shape index (κ1) is 47.1. The number of benzene rings is 4. The number of ether oxygens (including phenoxy) is 2. The summed E-state index contributed by atoms with van der Waals surface area (Å²) in [6, 6.07) is 22.9. The van der Waals surface area contributed by atoms with E-state index in [4.69, 9.17) is 26.7 Å². The van der Waals surface area contributed by atoms with E-state index in [2.05, 4.69) is 22.9 Å². The molecule has 0 saturated heterocycles. The summed E-state index contributed by atoms with van der Waals surface area (Å²) in [5.41, 5.74) is 20.8. The summed E-state index contributed by atoms with van der Waals surface area (Å²) in [6.45, 7) is 4.69. The molecule has 1 aliphatic heterocycles. The summed E-state index contributed by atoms with van der Waals surface area (Å²) in [4.78, 5) is 67.7. The Bertz CT molecular complexity index is 2130. The maximum absolute atomic E-state index is 14.1. The molecule has 1 aliphatic rings. The molecule has 0 fully saturated rings. The van der Waals surface area contributed by atoms with E-state index in [-0.39, 0.29) is 32.7 Å². The summed E-state index contributed by atoms with van der Waals surface area (Å²) >= 11 is 0. The molecule has 5 rings (SSSR count). The number of likely N-dealkylation sites (N-methyl/N-ethyl adjacent to an activating group) is 1. The van der Waals surface area contributed by atoms with Gasteiger partial charge < -0.3 is 52.6 Å².